The quantitative estimate of drug-likeness (QED) is 0.409. The van der Waals surface area contributed by atoms with Crippen molar-refractivity contribution in [2.24, 2.45) is 0 Å². The molecular formula is C27H25NO3S. The van der Waals surface area contributed by atoms with E-state index >= 15 is 0 Å². The number of hydrogen-bond donors (Lipinski definition) is 2. The molecular weight excluding hydrogens is 418 g/mol. The van der Waals surface area contributed by atoms with Gasteiger partial charge in [0.25, 0.3) is 10.0 Å². The molecule has 4 aromatic rings. The Morgan fingerprint density at radius 3 is 1.97 bits per heavy atom. The lowest BCUT2D eigenvalue weighted by Crippen LogP contribution is -2.31. The number of aryl methyl sites for hydroxylation is 1. The number of benzene rings is 4. The summed E-state index contributed by atoms with van der Waals surface area (Å²) >= 11 is 0. The van der Waals surface area contributed by atoms with Crippen LogP contribution in [0.2, 0.25) is 0 Å². The van der Waals surface area contributed by atoms with Crippen molar-refractivity contribution in [3.8, 4) is 0 Å². The first-order valence-electron chi connectivity index (χ1n) is 10.4. The van der Waals surface area contributed by atoms with Gasteiger partial charge in [0.1, 0.15) is 5.60 Å². The molecule has 0 amide bonds. The molecule has 1 atom stereocenters. The molecule has 1 unspecified atom stereocenters. The minimum absolute atomic E-state index is 0.171. The summed E-state index contributed by atoms with van der Waals surface area (Å²) in [5, 5.41) is 12.1. The Morgan fingerprint density at radius 2 is 1.31 bits per heavy atom. The fourth-order valence-electron chi connectivity index (χ4n) is 3.81. The minimum Gasteiger partial charge on any atom is -0.380 e. The van der Waals surface area contributed by atoms with Crippen LogP contribution in [0.1, 0.15) is 22.3 Å². The second kappa shape index (κ2) is 8.99. The van der Waals surface area contributed by atoms with Crippen molar-refractivity contribution in [1.82, 2.24) is 0 Å². The smallest absolute Gasteiger partial charge is 0.261 e. The van der Waals surface area contributed by atoms with Crippen molar-refractivity contribution in [2.45, 2.75) is 23.8 Å². The molecule has 0 aliphatic carbocycles. The highest BCUT2D eigenvalue weighted by Crippen LogP contribution is 2.38. The molecule has 0 saturated heterocycles. The van der Waals surface area contributed by atoms with Crippen molar-refractivity contribution in [1.29, 1.82) is 0 Å². The van der Waals surface area contributed by atoms with E-state index in [1.807, 2.05) is 67.6 Å². The molecule has 162 valence electrons. The number of anilines is 1. The van der Waals surface area contributed by atoms with E-state index in [9.17, 15) is 13.5 Å². The van der Waals surface area contributed by atoms with Gasteiger partial charge in [-0.1, -0.05) is 96.6 Å². The molecule has 0 aliphatic rings. The SMILES string of the molecule is Cc1ccc(S(=O)(=O)Nc2ccccc2C(O)(Cc2ccccc2)c2ccccc2)cc1. The summed E-state index contributed by atoms with van der Waals surface area (Å²) in [5.74, 6) is 0. The van der Waals surface area contributed by atoms with Crippen LogP contribution >= 0.6 is 0 Å². The zero-order valence-electron chi connectivity index (χ0n) is 17.8. The molecule has 4 nitrogen and oxygen atoms in total. The van der Waals surface area contributed by atoms with Gasteiger partial charge in [-0.3, -0.25) is 4.72 Å². The maximum atomic E-state index is 13.1. The first-order valence-corrected chi connectivity index (χ1v) is 11.9. The highest BCUT2D eigenvalue weighted by Gasteiger charge is 2.34. The van der Waals surface area contributed by atoms with Crippen molar-refractivity contribution >= 4 is 15.7 Å². The van der Waals surface area contributed by atoms with Gasteiger partial charge in [-0.05, 0) is 36.2 Å². The zero-order valence-corrected chi connectivity index (χ0v) is 18.6. The van der Waals surface area contributed by atoms with E-state index < -0.39 is 15.6 Å². The summed E-state index contributed by atoms with van der Waals surface area (Å²) in [6, 6.07) is 32.7. The van der Waals surface area contributed by atoms with Crippen molar-refractivity contribution in [3.05, 3.63) is 131 Å². The van der Waals surface area contributed by atoms with Crippen LogP contribution in [0.25, 0.3) is 0 Å². The third kappa shape index (κ3) is 4.59. The van der Waals surface area contributed by atoms with Gasteiger partial charge in [-0.25, -0.2) is 8.42 Å². The molecule has 0 bridgehead atoms. The molecule has 2 N–H and O–H groups in total. The zero-order chi connectivity index (χ0) is 22.6. The third-order valence-electron chi connectivity index (χ3n) is 5.50. The monoisotopic (exact) mass is 443 g/mol. The van der Waals surface area contributed by atoms with Crippen molar-refractivity contribution < 1.29 is 13.5 Å². The Kier molecular flexibility index (Phi) is 6.12. The second-order valence-corrected chi connectivity index (χ2v) is 9.54. The third-order valence-corrected chi connectivity index (χ3v) is 6.88. The lowest BCUT2D eigenvalue weighted by molar-refractivity contribution is 0.0819. The number of nitrogens with one attached hydrogen (secondary N) is 1. The van der Waals surface area contributed by atoms with E-state index in [1.54, 1.807) is 48.5 Å². The molecule has 4 aromatic carbocycles. The second-order valence-electron chi connectivity index (χ2n) is 7.85. The van der Waals surface area contributed by atoms with Crippen molar-refractivity contribution in [2.75, 3.05) is 4.72 Å². The molecule has 0 radical (unpaired) electrons. The van der Waals surface area contributed by atoms with E-state index in [-0.39, 0.29) is 4.90 Å². The van der Waals surface area contributed by atoms with Gasteiger partial charge in [-0.2, -0.15) is 0 Å². The Hall–Kier alpha value is -3.41. The molecule has 0 heterocycles. The van der Waals surface area contributed by atoms with Gasteiger partial charge in [-0.15, -0.1) is 0 Å². The fraction of sp³-hybridized carbons (Fsp3) is 0.111. The standard InChI is InChI=1S/C27H25NO3S/c1-21-16-18-24(19-17-21)32(30,31)28-26-15-9-8-14-25(26)27(29,23-12-6-3-7-13-23)20-22-10-4-2-5-11-22/h2-19,28-29H,20H2,1H3. The van der Waals surface area contributed by atoms with Crippen LogP contribution in [-0.4, -0.2) is 13.5 Å². The molecule has 0 aromatic heterocycles. The van der Waals surface area contributed by atoms with E-state index in [0.29, 0.717) is 23.2 Å². The molecule has 4 rings (SSSR count). The average Bonchev–Trinajstić information content (AvgIpc) is 2.80. The molecule has 32 heavy (non-hydrogen) atoms. The van der Waals surface area contributed by atoms with Crippen LogP contribution in [0.15, 0.2) is 114 Å². The topological polar surface area (TPSA) is 66.4 Å². The van der Waals surface area contributed by atoms with Crippen molar-refractivity contribution in [3.63, 3.8) is 0 Å². The lowest BCUT2D eigenvalue weighted by Gasteiger charge is -2.31. The minimum atomic E-state index is -3.83. The highest BCUT2D eigenvalue weighted by atomic mass is 32.2. The summed E-state index contributed by atoms with van der Waals surface area (Å²) in [6.07, 6.45) is 0.293. The molecule has 0 spiro atoms. The first kappa shape index (κ1) is 21.8. The summed E-state index contributed by atoms with van der Waals surface area (Å²) in [4.78, 5) is 0.171. The number of aliphatic hydroxyl groups is 1. The number of hydrogen-bond acceptors (Lipinski definition) is 3. The first-order chi connectivity index (χ1) is 15.4. The van der Waals surface area contributed by atoms with E-state index in [2.05, 4.69) is 4.72 Å². The van der Waals surface area contributed by atoms with Gasteiger partial charge in [0.2, 0.25) is 0 Å². The number of sulfonamides is 1. The molecule has 0 fully saturated rings. The lowest BCUT2D eigenvalue weighted by atomic mass is 9.80. The van der Waals surface area contributed by atoms with Crippen LogP contribution < -0.4 is 4.72 Å². The molecule has 5 heteroatoms. The predicted octanol–water partition coefficient (Wildman–Crippen LogP) is 5.27. The van der Waals surface area contributed by atoms with E-state index in [4.69, 9.17) is 0 Å². The number of para-hydroxylation sites is 1. The van der Waals surface area contributed by atoms with Gasteiger partial charge in [0, 0.05) is 12.0 Å². The Balaban J connectivity index is 1.80. The Morgan fingerprint density at radius 1 is 0.750 bits per heavy atom. The molecule has 0 aliphatic heterocycles. The van der Waals surface area contributed by atoms with E-state index in [1.165, 1.54) is 0 Å². The summed E-state index contributed by atoms with van der Waals surface area (Å²) < 4.78 is 28.9. The Bertz CT molecular complexity index is 1290. The van der Waals surface area contributed by atoms with Gasteiger partial charge < -0.3 is 5.11 Å². The van der Waals surface area contributed by atoms with Crippen LogP contribution in [0.5, 0.6) is 0 Å². The average molecular weight is 444 g/mol. The van der Waals surface area contributed by atoms with Crippen LogP contribution in [0.4, 0.5) is 5.69 Å². The summed E-state index contributed by atoms with van der Waals surface area (Å²) in [6.45, 7) is 1.91. The summed E-state index contributed by atoms with van der Waals surface area (Å²) in [5.41, 5.74) is 2.00. The summed E-state index contributed by atoms with van der Waals surface area (Å²) in [7, 11) is -3.83. The molecule has 0 saturated carbocycles. The van der Waals surface area contributed by atoms with Crippen LogP contribution in [-0.2, 0) is 22.0 Å². The normalized spacial score (nSPS) is 13.3. The van der Waals surface area contributed by atoms with Gasteiger partial charge >= 0.3 is 0 Å². The van der Waals surface area contributed by atoms with Crippen LogP contribution in [0.3, 0.4) is 0 Å². The maximum Gasteiger partial charge on any atom is 0.261 e. The highest BCUT2D eigenvalue weighted by molar-refractivity contribution is 7.92. The van der Waals surface area contributed by atoms with E-state index in [0.717, 1.165) is 11.1 Å². The van der Waals surface area contributed by atoms with Gasteiger partial charge in [0.05, 0.1) is 10.6 Å². The van der Waals surface area contributed by atoms with Gasteiger partial charge in [0.15, 0.2) is 0 Å². The number of rotatable bonds is 7. The largest absolute Gasteiger partial charge is 0.380 e. The van der Waals surface area contributed by atoms with Crippen LogP contribution in [0, 0.1) is 6.92 Å². The Labute approximate surface area is 189 Å². The maximum absolute atomic E-state index is 13.1. The fourth-order valence-corrected chi connectivity index (χ4v) is 4.89. The predicted molar refractivity (Wildman–Crippen MR) is 128 cm³/mol.